The van der Waals surface area contributed by atoms with Gasteiger partial charge in [-0.3, -0.25) is 4.98 Å². The number of pyridine rings is 1. The average Bonchev–Trinajstić information content (AvgIpc) is 2.96. The van der Waals surface area contributed by atoms with Gasteiger partial charge in [0, 0.05) is 31.5 Å². The molecule has 3 heterocycles. The van der Waals surface area contributed by atoms with Gasteiger partial charge in [0.15, 0.2) is 5.82 Å². The normalized spacial score (nSPS) is 22.9. The zero-order valence-electron chi connectivity index (χ0n) is 11.5. The second kappa shape index (κ2) is 6.11. The van der Waals surface area contributed by atoms with E-state index in [9.17, 15) is 0 Å². The highest BCUT2D eigenvalue weighted by molar-refractivity contribution is 5.15. The minimum absolute atomic E-state index is 0.132. The maximum atomic E-state index is 5.52. The molecule has 2 unspecified atom stereocenters. The third-order valence-electron chi connectivity index (χ3n) is 3.64. The topological polar surface area (TPSA) is 73.1 Å². The lowest BCUT2D eigenvalue weighted by atomic mass is 9.96. The number of aromatic nitrogens is 3. The van der Waals surface area contributed by atoms with E-state index in [2.05, 4.69) is 20.4 Å². The van der Waals surface area contributed by atoms with Gasteiger partial charge >= 0.3 is 0 Å². The van der Waals surface area contributed by atoms with Gasteiger partial charge in [-0.25, -0.2) is 0 Å². The monoisotopic (exact) mass is 274 g/mol. The summed E-state index contributed by atoms with van der Waals surface area (Å²) >= 11 is 0. The summed E-state index contributed by atoms with van der Waals surface area (Å²) in [6.07, 6.45) is 5.15. The molecule has 3 rings (SSSR count). The van der Waals surface area contributed by atoms with Crippen molar-refractivity contribution in [3.05, 3.63) is 41.8 Å². The van der Waals surface area contributed by atoms with Crippen molar-refractivity contribution >= 4 is 0 Å². The summed E-state index contributed by atoms with van der Waals surface area (Å²) in [6, 6.07) is 4.24. The second-order valence-electron chi connectivity index (χ2n) is 4.95. The van der Waals surface area contributed by atoms with E-state index >= 15 is 0 Å². The van der Waals surface area contributed by atoms with Gasteiger partial charge in [0.2, 0.25) is 5.89 Å². The zero-order valence-corrected chi connectivity index (χ0v) is 11.5. The van der Waals surface area contributed by atoms with Gasteiger partial charge < -0.3 is 14.6 Å². The highest BCUT2D eigenvalue weighted by Crippen LogP contribution is 2.24. The first-order valence-electron chi connectivity index (χ1n) is 6.83. The van der Waals surface area contributed by atoms with Gasteiger partial charge in [-0.2, -0.15) is 4.98 Å². The molecule has 0 aromatic carbocycles. The second-order valence-corrected chi connectivity index (χ2v) is 4.95. The largest absolute Gasteiger partial charge is 0.381 e. The SMILES string of the molecule is CNC1CCOCC1c1nc(Cc2ccncc2)no1. The smallest absolute Gasteiger partial charge is 0.233 e. The Morgan fingerprint density at radius 2 is 2.20 bits per heavy atom. The molecule has 6 nitrogen and oxygen atoms in total. The van der Waals surface area contributed by atoms with Crippen molar-refractivity contribution in [3.8, 4) is 0 Å². The molecule has 2 aromatic heterocycles. The maximum Gasteiger partial charge on any atom is 0.233 e. The van der Waals surface area contributed by atoms with Crippen LogP contribution in [0.5, 0.6) is 0 Å². The third-order valence-corrected chi connectivity index (χ3v) is 3.64. The lowest BCUT2D eigenvalue weighted by Crippen LogP contribution is -2.39. The highest BCUT2D eigenvalue weighted by Gasteiger charge is 2.30. The van der Waals surface area contributed by atoms with Crippen LogP contribution >= 0.6 is 0 Å². The zero-order chi connectivity index (χ0) is 13.8. The Morgan fingerprint density at radius 3 is 3.00 bits per heavy atom. The minimum Gasteiger partial charge on any atom is -0.381 e. The van der Waals surface area contributed by atoms with E-state index in [1.165, 1.54) is 0 Å². The molecule has 0 radical (unpaired) electrons. The van der Waals surface area contributed by atoms with Crippen LogP contribution in [0.3, 0.4) is 0 Å². The first-order chi connectivity index (χ1) is 9.86. The third kappa shape index (κ3) is 2.86. The molecular weight excluding hydrogens is 256 g/mol. The Hall–Kier alpha value is -1.79. The van der Waals surface area contributed by atoms with Gasteiger partial charge in [0.05, 0.1) is 12.5 Å². The molecule has 2 aromatic rings. The fourth-order valence-electron chi connectivity index (χ4n) is 2.50. The van der Waals surface area contributed by atoms with Gasteiger partial charge in [0.25, 0.3) is 0 Å². The summed E-state index contributed by atoms with van der Waals surface area (Å²) < 4.78 is 10.9. The van der Waals surface area contributed by atoms with Crippen LogP contribution in [-0.2, 0) is 11.2 Å². The summed E-state index contributed by atoms with van der Waals surface area (Å²) in [5, 5.41) is 7.36. The molecule has 0 aliphatic carbocycles. The van der Waals surface area contributed by atoms with Gasteiger partial charge in [-0.05, 0) is 31.2 Å². The molecule has 20 heavy (non-hydrogen) atoms. The summed E-state index contributed by atoms with van der Waals surface area (Å²) in [5.41, 5.74) is 1.12. The van der Waals surface area contributed by atoms with Crippen molar-refractivity contribution < 1.29 is 9.26 Å². The van der Waals surface area contributed by atoms with E-state index in [0.29, 0.717) is 30.8 Å². The fraction of sp³-hybridized carbons (Fsp3) is 0.500. The number of rotatable bonds is 4. The number of likely N-dealkylation sites (N-methyl/N-ethyl adjacent to an activating group) is 1. The van der Waals surface area contributed by atoms with Crippen LogP contribution in [0.2, 0.25) is 0 Å². The van der Waals surface area contributed by atoms with Crippen LogP contribution in [0.1, 0.15) is 29.6 Å². The average molecular weight is 274 g/mol. The Balaban J connectivity index is 1.73. The lowest BCUT2D eigenvalue weighted by Gasteiger charge is -2.28. The first kappa shape index (κ1) is 13.2. The molecule has 0 amide bonds. The Bertz CT molecular complexity index is 543. The summed E-state index contributed by atoms with van der Waals surface area (Å²) in [4.78, 5) is 8.51. The van der Waals surface area contributed by atoms with Crippen molar-refractivity contribution in [2.24, 2.45) is 0 Å². The minimum atomic E-state index is 0.132. The Morgan fingerprint density at radius 1 is 1.35 bits per heavy atom. The Labute approximate surface area is 117 Å². The highest BCUT2D eigenvalue weighted by atomic mass is 16.5. The van der Waals surface area contributed by atoms with Gasteiger partial charge in [-0.15, -0.1) is 0 Å². The number of ether oxygens (including phenoxy) is 1. The lowest BCUT2D eigenvalue weighted by molar-refractivity contribution is 0.0516. The van der Waals surface area contributed by atoms with Crippen molar-refractivity contribution in [1.29, 1.82) is 0 Å². The van der Waals surface area contributed by atoms with Gasteiger partial charge in [-0.1, -0.05) is 5.16 Å². The van der Waals surface area contributed by atoms with Crippen LogP contribution in [0.15, 0.2) is 29.0 Å². The summed E-state index contributed by atoms with van der Waals surface area (Å²) in [5.74, 6) is 1.49. The van der Waals surface area contributed by atoms with Crippen LogP contribution in [0, 0.1) is 0 Å². The van der Waals surface area contributed by atoms with Crippen molar-refractivity contribution in [2.75, 3.05) is 20.3 Å². The number of nitrogens with zero attached hydrogens (tertiary/aromatic N) is 3. The van der Waals surface area contributed by atoms with E-state index in [0.717, 1.165) is 18.6 Å². The van der Waals surface area contributed by atoms with E-state index in [1.807, 2.05) is 19.2 Å². The molecule has 1 fully saturated rings. The molecule has 6 heteroatoms. The molecule has 0 saturated carbocycles. The standard InChI is InChI=1S/C14H18N4O2/c1-15-12-4-7-19-9-11(12)14-17-13(18-20-14)8-10-2-5-16-6-3-10/h2-3,5-6,11-12,15H,4,7-9H2,1H3. The van der Waals surface area contributed by atoms with Crippen molar-refractivity contribution in [3.63, 3.8) is 0 Å². The van der Waals surface area contributed by atoms with Crippen LogP contribution in [0.25, 0.3) is 0 Å². The molecule has 106 valence electrons. The van der Waals surface area contributed by atoms with E-state index in [-0.39, 0.29) is 5.92 Å². The van der Waals surface area contributed by atoms with E-state index < -0.39 is 0 Å². The quantitative estimate of drug-likeness (QED) is 0.901. The first-order valence-corrected chi connectivity index (χ1v) is 6.83. The molecule has 0 bridgehead atoms. The van der Waals surface area contributed by atoms with E-state index in [4.69, 9.17) is 9.26 Å². The molecule has 1 aliphatic heterocycles. The Kier molecular flexibility index (Phi) is 4.03. The predicted octanol–water partition coefficient (Wildman–Crippen LogP) is 1.15. The molecular formula is C14H18N4O2. The van der Waals surface area contributed by atoms with Crippen molar-refractivity contribution in [2.45, 2.75) is 24.8 Å². The summed E-state index contributed by atoms with van der Waals surface area (Å²) in [6.45, 7) is 1.41. The van der Waals surface area contributed by atoms with Crippen LogP contribution in [0.4, 0.5) is 0 Å². The van der Waals surface area contributed by atoms with Crippen molar-refractivity contribution in [1.82, 2.24) is 20.4 Å². The molecule has 1 saturated heterocycles. The fourth-order valence-corrected chi connectivity index (χ4v) is 2.50. The summed E-state index contributed by atoms with van der Waals surface area (Å²) in [7, 11) is 1.96. The van der Waals surface area contributed by atoms with Gasteiger partial charge in [0.1, 0.15) is 0 Å². The van der Waals surface area contributed by atoms with E-state index in [1.54, 1.807) is 12.4 Å². The molecule has 0 spiro atoms. The van der Waals surface area contributed by atoms with Crippen LogP contribution < -0.4 is 5.32 Å². The molecule has 1 aliphatic rings. The number of hydrogen-bond donors (Lipinski definition) is 1. The number of hydrogen-bond acceptors (Lipinski definition) is 6. The van der Waals surface area contributed by atoms with Crippen LogP contribution in [-0.4, -0.2) is 41.4 Å². The molecule has 1 N–H and O–H groups in total. The molecule has 2 atom stereocenters. The maximum absolute atomic E-state index is 5.52. The predicted molar refractivity (Wildman–Crippen MR) is 72.4 cm³/mol. The number of nitrogens with one attached hydrogen (secondary N) is 1.